The Morgan fingerprint density at radius 2 is 2.14 bits per heavy atom. The molecule has 1 N–H and O–H groups in total. The summed E-state index contributed by atoms with van der Waals surface area (Å²) in [7, 11) is 4.26. The zero-order valence-corrected chi connectivity index (χ0v) is 16.4. The molecular weight excluding hydrogens is 395 g/mol. The third-order valence-corrected chi connectivity index (χ3v) is 4.62. The zero-order chi connectivity index (χ0) is 14.4. The SMILES string of the molecule is CCNC(=NCC(c1cccs1)N(C)C)N1CCCC1.I. The molecule has 1 unspecified atom stereocenters. The van der Waals surface area contributed by atoms with Crippen molar-refractivity contribution in [1.29, 1.82) is 0 Å². The largest absolute Gasteiger partial charge is 0.357 e. The Bertz CT molecular complexity index is 413. The minimum atomic E-state index is 0. The first-order valence-corrected chi connectivity index (χ1v) is 8.33. The van der Waals surface area contributed by atoms with Crippen LogP contribution in [-0.2, 0) is 0 Å². The normalized spacial score (nSPS) is 17.0. The van der Waals surface area contributed by atoms with Gasteiger partial charge >= 0.3 is 0 Å². The van der Waals surface area contributed by atoms with E-state index < -0.39 is 0 Å². The van der Waals surface area contributed by atoms with Crippen LogP contribution in [0.2, 0.25) is 0 Å². The minimum absolute atomic E-state index is 0. The lowest BCUT2D eigenvalue weighted by atomic mass is 10.2. The first kappa shape index (κ1) is 18.7. The number of aliphatic imine (C=N–C) groups is 1. The Kier molecular flexibility index (Phi) is 8.58. The number of halogens is 1. The van der Waals surface area contributed by atoms with Crippen molar-refractivity contribution < 1.29 is 0 Å². The maximum atomic E-state index is 4.87. The Hall–Kier alpha value is -0.340. The van der Waals surface area contributed by atoms with E-state index in [9.17, 15) is 0 Å². The number of guanidine groups is 1. The van der Waals surface area contributed by atoms with Gasteiger partial charge < -0.3 is 15.1 Å². The fraction of sp³-hybridized carbons (Fsp3) is 0.667. The van der Waals surface area contributed by atoms with Gasteiger partial charge in [-0.3, -0.25) is 4.99 Å². The average molecular weight is 422 g/mol. The lowest BCUT2D eigenvalue weighted by molar-refractivity contribution is 0.309. The molecule has 2 heterocycles. The first-order valence-electron chi connectivity index (χ1n) is 7.45. The lowest BCUT2D eigenvalue weighted by Crippen LogP contribution is -2.40. The van der Waals surface area contributed by atoms with Crippen molar-refractivity contribution >= 4 is 41.3 Å². The molecule has 0 saturated carbocycles. The molecule has 1 aliphatic heterocycles. The molecule has 1 aromatic heterocycles. The molecule has 0 aliphatic carbocycles. The second-order valence-corrected chi connectivity index (χ2v) is 6.36. The summed E-state index contributed by atoms with van der Waals surface area (Å²) in [4.78, 5) is 10.9. The molecule has 1 aliphatic rings. The summed E-state index contributed by atoms with van der Waals surface area (Å²) >= 11 is 1.81. The number of likely N-dealkylation sites (N-methyl/N-ethyl adjacent to an activating group) is 1. The van der Waals surface area contributed by atoms with Crippen molar-refractivity contribution in [2.24, 2.45) is 4.99 Å². The predicted molar refractivity (Wildman–Crippen MR) is 103 cm³/mol. The van der Waals surface area contributed by atoms with Crippen LogP contribution >= 0.6 is 35.3 Å². The summed E-state index contributed by atoms with van der Waals surface area (Å²) in [6.45, 7) is 6.15. The molecule has 21 heavy (non-hydrogen) atoms. The molecule has 0 aromatic carbocycles. The maximum absolute atomic E-state index is 4.87. The van der Waals surface area contributed by atoms with Crippen LogP contribution in [0.5, 0.6) is 0 Å². The van der Waals surface area contributed by atoms with Gasteiger partial charge in [0.25, 0.3) is 0 Å². The molecule has 0 bridgehead atoms. The highest BCUT2D eigenvalue weighted by atomic mass is 127. The number of nitrogens with zero attached hydrogens (tertiary/aromatic N) is 3. The van der Waals surface area contributed by atoms with Gasteiger partial charge in [-0.15, -0.1) is 35.3 Å². The summed E-state index contributed by atoms with van der Waals surface area (Å²) in [6, 6.07) is 4.69. The van der Waals surface area contributed by atoms with Gasteiger partial charge in [-0.25, -0.2) is 0 Å². The monoisotopic (exact) mass is 422 g/mol. The zero-order valence-electron chi connectivity index (χ0n) is 13.2. The highest BCUT2D eigenvalue weighted by molar-refractivity contribution is 14.0. The highest BCUT2D eigenvalue weighted by Crippen LogP contribution is 2.23. The lowest BCUT2D eigenvalue weighted by Gasteiger charge is -2.24. The van der Waals surface area contributed by atoms with Crippen molar-refractivity contribution in [1.82, 2.24) is 15.1 Å². The molecule has 4 nitrogen and oxygen atoms in total. The number of likely N-dealkylation sites (tertiary alicyclic amines) is 1. The van der Waals surface area contributed by atoms with E-state index in [1.165, 1.54) is 17.7 Å². The summed E-state index contributed by atoms with van der Waals surface area (Å²) in [5.41, 5.74) is 0. The summed E-state index contributed by atoms with van der Waals surface area (Å²) in [6.07, 6.45) is 2.57. The standard InChI is InChI=1S/C15H26N4S.HI/c1-4-16-15(19-9-5-6-10-19)17-12-13(18(2)3)14-8-7-11-20-14;/h7-8,11,13H,4-6,9-10,12H2,1-3H3,(H,16,17);1H. The fourth-order valence-corrected chi connectivity index (χ4v) is 3.43. The van der Waals surface area contributed by atoms with Gasteiger partial charge in [0.2, 0.25) is 0 Å². The summed E-state index contributed by atoms with van der Waals surface area (Å²) < 4.78 is 0. The smallest absolute Gasteiger partial charge is 0.193 e. The Morgan fingerprint density at radius 3 is 2.67 bits per heavy atom. The van der Waals surface area contributed by atoms with E-state index in [-0.39, 0.29) is 24.0 Å². The number of nitrogens with one attached hydrogen (secondary N) is 1. The van der Waals surface area contributed by atoms with Crippen molar-refractivity contribution in [2.45, 2.75) is 25.8 Å². The van der Waals surface area contributed by atoms with Gasteiger partial charge in [-0.05, 0) is 45.3 Å². The van der Waals surface area contributed by atoms with Crippen LogP contribution in [0.25, 0.3) is 0 Å². The number of thiophene rings is 1. The Morgan fingerprint density at radius 1 is 1.43 bits per heavy atom. The summed E-state index contributed by atoms with van der Waals surface area (Å²) in [5.74, 6) is 1.08. The van der Waals surface area contributed by atoms with Crippen LogP contribution in [0.4, 0.5) is 0 Å². The third kappa shape index (κ3) is 5.41. The second-order valence-electron chi connectivity index (χ2n) is 5.38. The minimum Gasteiger partial charge on any atom is -0.357 e. The van der Waals surface area contributed by atoms with Crippen molar-refractivity contribution in [2.75, 3.05) is 40.3 Å². The number of hydrogen-bond donors (Lipinski definition) is 1. The molecule has 1 fully saturated rings. The van der Waals surface area contributed by atoms with Crippen molar-refractivity contribution in [3.8, 4) is 0 Å². The van der Waals surface area contributed by atoms with Crippen LogP contribution in [0, 0.1) is 0 Å². The molecule has 1 aromatic rings. The highest BCUT2D eigenvalue weighted by Gasteiger charge is 2.18. The third-order valence-electron chi connectivity index (χ3n) is 3.65. The Balaban J connectivity index is 0.00000220. The molecule has 6 heteroatoms. The molecule has 0 spiro atoms. The van der Waals surface area contributed by atoms with Crippen LogP contribution in [-0.4, -0.2) is 56.0 Å². The van der Waals surface area contributed by atoms with E-state index in [2.05, 4.69) is 53.6 Å². The molecule has 0 radical (unpaired) electrons. The van der Waals surface area contributed by atoms with E-state index in [0.29, 0.717) is 6.04 Å². The fourth-order valence-electron chi connectivity index (χ4n) is 2.52. The van der Waals surface area contributed by atoms with E-state index >= 15 is 0 Å². The van der Waals surface area contributed by atoms with Crippen molar-refractivity contribution in [3.63, 3.8) is 0 Å². The van der Waals surface area contributed by atoms with E-state index in [1.54, 1.807) is 0 Å². The Labute approximate surface area is 149 Å². The van der Waals surface area contributed by atoms with Gasteiger partial charge in [-0.1, -0.05) is 6.07 Å². The van der Waals surface area contributed by atoms with Gasteiger partial charge in [0.05, 0.1) is 12.6 Å². The molecule has 1 saturated heterocycles. The molecule has 120 valence electrons. The number of rotatable bonds is 5. The van der Waals surface area contributed by atoms with Crippen molar-refractivity contribution in [3.05, 3.63) is 22.4 Å². The molecule has 1 atom stereocenters. The van der Waals surface area contributed by atoms with Gasteiger partial charge in [0.15, 0.2) is 5.96 Å². The topological polar surface area (TPSA) is 30.9 Å². The van der Waals surface area contributed by atoms with E-state index in [0.717, 1.165) is 32.1 Å². The maximum Gasteiger partial charge on any atom is 0.193 e. The quantitative estimate of drug-likeness (QED) is 0.450. The van der Waals surface area contributed by atoms with Gasteiger partial charge in [0, 0.05) is 24.5 Å². The van der Waals surface area contributed by atoms with Crippen LogP contribution in [0.15, 0.2) is 22.5 Å². The molecular formula is C15H27IN4S. The predicted octanol–water partition coefficient (Wildman–Crippen LogP) is 3.03. The van der Waals surface area contributed by atoms with Crippen LogP contribution in [0.3, 0.4) is 0 Å². The second kappa shape index (κ2) is 9.63. The van der Waals surface area contributed by atoms with Crippen LogP contribution < -0.4 is 5.32 Å². The van der Waals surface area contributed by atoms with E-state index in [1.807, 2.05) is 11.3 Å². The first-order chi connectivity index (χ1) is 9.72. The van der Waals surface area contributed by atoms with Gasteiger partial charge in [-0.2, -0.15) is 0 Å². The van der Waals surface area contributed by atoms with Gasteiger partial charge in [0.1, 0.15) is 0 Å². The number of hydrogen-bond acceptors (Lipinski definition) is 3. The molecule has 2 rings (SSSR count). The van der Waals surface area contributed by atoms with E-state index in [4.69, 9.17) is 4.99 Å². The van der Waals surface area contributed by atoms with Crippen LogP contribution in [0.1, 0.15) is 30.7 Å². The molecule has 0 amide bonds. The summed E-state index contributed by atoms with van der Waals surface area (Å²) in [5, 5.41) is 5.57. The average Bonchev–Trinajstić information content (AvgIpc) is 3.11.